The SMILES string of the molecule is COc1ncc(-c2cnc3nc(N)nc(C)c3c2)cc1N. The molecule has 0 aliphatic rings. The number of aryl methyl sites for hydroxylation is 1. The van der Waals surface area contributed by atoms with Crippen molar-refractivity contribution >= 4 is 22.7 Å². The van der Waals surface area contributed by atoms with Crippen LogP contribution in [0.2, 0.25) is 0 Å². The molecule has 0 aliphatic carbocycles. The third kappa shape index (κ3) is 2.29. The van der Waals surface area contributed by atoms with Crippen LogP contribution >= 0.6 is 0 Å². The highest BCUT2D eigenvalue weighted by Gasteiger charge is 2.09. The largest absolute Gasteiger partial charge is 0.480 e. The van der Waals surface area contributed by atoms with Crippen molar-refractivity contribution in [2.24, 2.45) is 0 Å². The molecule has 3 heterocycles. The van der Waals surface area contributed by atoms with E-state index < -0.39 is 0 Å². The minimum absolute atomic E-state index is 0.218. The molecule has 0 bridgehead atoms. The molecule has 0 aliphatic heterocycles. The Kier molecular flexibility index (Phi) is 3.02. The van der Waals surface area contributed by atoms with Crippen molar-refractivity contribution in [3.63, 3.8) is 0 Å². The molecule has 21 heavy (non-hydrogen) atoms. The standard InChI is InChI=1S/C14H14N6O/c1-7-10-3-8(5-17-12(10)20-14(16)19-7)9-4-11(15)13(21-2)18-6-9/h3-6H,15H2,1-2H3,(H2,16,17,19,20). The van der Waals surface area contributed by atoms with Crippen LogP contribution in [0.25, 0.3) is 22.2 Å². The van der Waals surface area contributed by atoms with E-state index >= 15 is 0 Å². The first kappa shape index (κ1) is 13.0. The van der Waals surface area contributed by atoms with E-state index in [-0.39, 0.29) is 5.95 Å². The molecule has 0 saturated heterocycles. The highest BCUT2D eigenvalue weighted by molar-refractivity contribution is 5.83. The first-order chi connectivity index (χ1) is 10.1. The van der Waals surface area contributed by atoms with Crippen molar-refractivity contribution in [2.75, 3.05) is 18.6 Å². The van der Waals surface area contributed by atoms with Crippen molar-refractivity contribution in [2.45, 2.75) is 6.92 Å². The van der Waals surface area contributed by atoms with E-state index in [1.54, 1.807) is 18.5 Å². The van der Waals surface area contributed by atoms with E-state index in [4.69, 9.17) is 16.2 Å². The lowest BCUT2D eigenvalue weighted by molar-refractivity contribution is 0.400. The number of anilines is 2. The maximum absolute atomic E-state index is 5.88. The number of fused-ring (bicyclic) bond motifs is 1. The van der Waals surface area contributed by atoms with Gasteiger partial charge in [0.15, 0.2) is 5.65 Å². The summed E-state index contributed by atoms with van der Waals surface area (Å²) < 4.78 is 5.05. The van der Waals surface area contributed by atoms with Crippen LogP contribution in [0.4, 0.5) is 11.6 Å². The lowest BCUT2D eigenvalue weighted by Gasteiger charge is -2.08. The molecule has 106 valence electrons. The maximum Gasteiger partial charge on any atom is 0.236 e. The van der Waals surface area contributed by atoms with Crippen LogP contribution in [0, 0.1) is 6.92 Å². The Bertz CT molecular complexity index is 833. The fourth-order valence-corrected chi connectivity index (χ4v) is 2.13. The summed E-state index contributed by atoms with van der Waals surface area (Å²) in [5.41, 5.74) is 15.0. The molecule has 7 nitrogen and oxygen atoms in total. The maximum atomic E-state index is 5.88. The molecule has 0 atom stereocenters. The molecule has 3 aromatic rings. The number of rotatable bonds is 2. The third-order valence-corrected chi connectivity index (χ3v) is 3.16. The minimum atomic E-state index is 0.218. The molecule has 0 spiro atoms. The van der Waals surface area contributed by atoms with Gasteiger partial charge in [-0.2, -0.15) is 4.98 Å². The quantitative estimate of drug-likeness (QED) is 0.733. The molecule has 0 radical (unpaired) electrons. The van der Waals surface area contributed by atoms with E-state index in [1.165, 1.54) is 7.11 Å². The smallest absolute Gasteiger partial charge is 0.236 e. The number of pyridine rings is 2. The number of nitrogen functional groups attached to an aromatic ring is 2. The normalized spacial score (nSPS) is 10.8. The van der Waals surface area contributed by atoms with Crippen LogP contribution in [0.5, 0.6) is 5.88 Å². The summed E-state index contributed by atoms with van der Waals surface area (Å²) in [5.74, 6) is 0.621. The zero-order valence-electron chi connectivity index (χ0n) is 11.7. The molecule has 0 fully saturated rings. The topological polar surface area (TPSA) is 113 Å². The van der Waals surface area contributed by atoms with Gasteiger partial charge in [0.25, 0.3) is 0 Å². The molecule has 0 amide bonds. The third-order valence-electron chi connectivity index (χ3n) is 3.16. The Hall–Kier alpha value is -2.96. The zero-order valence-corrected chi connectivity index (χ0v) is 11.7. The number of hydrogen-bond acceptors (Lipinski definition) is 7. The molecule has 3 aromatic heterocycles. The predicted octanol–water partition coefficient (Wildman–Crippen LogP) is 1.57. The molecule has 4 N–H and O–H groups in total. The number of hydrogen-bond donors (Lipinski definition) is 2. The average Bonchev–Trinajstić information content (AvgIpc) is 2.46. The van der Waals surface area contributed by atoms with Crippen LogP contribution in [0.15, 0.2) is 24.5 Å². The fourth-order valence-electron chi connectivity index (χ4n) is 2.13. The van der Waals surface area contributed by atoms with Crippen molar-refractivity contribution in [3.05, 3.63) is 30.2 Å². The van der Waals surface area contributed by atoms with Crippen molar-refractivity contribution in [3.8, 4) is 17.0 Å². The molecule has 3 rings (SSSR count). The van der Waals surface area contributed by atoms with E-state index in [1.807, 2.05) is 13.0 Å². The van der Waals surface area contributed by atoms with Gasteiger partial charge in [0.1, 0.15) is 0 Å². The van der Waals surface area contributed by atoms with Crippen LogP contribution < -0.4 is 16.2 Å². The summed E-state index contributed by atoms with van der Waals surface area (Å²) in [7, 11) is 1.53. The van der Waals surface area contributed by atoms with E-state index in [2.05, 4.69) is 19.9 Å². The predicted molar refractivity (Wildman–Crippen MR) is 80.7 cm³/mol. The van der Waals surface area contributed by atoms with Gasteiger partial charge in [-0.1, -0.05) is 0 Å². The molecular formula is C14H14N6O. The van der Waals surface area contributed by atoms with Crippen LogP contribution in [0.3, 0.4) is 0 Å². The summed E-state index contributed by atoms with van der Waals surface area (Å²) in [6, 6.07) is 3.74. The Morgan fingerprint density at radius 3 is 2.43 bits per heavy atom. The first-order valence-electron chi connectivity index (χ1n) is 6.28. The van der Waals surface area contributed by atoms with Crippen molar-refractivity contribution in [1.82, 2.24) is 19.9 Å². The van der Waals surface area contributed by atoms with Gasteiger partial charge in [0.05, 0.1) is 18.5 Å². The molecule has 0 aromatic carbocycles. The van der Waals surface area contributed by atoms with Gasteiger partial charge < -0.3 is 16.2 Å². The van der Waals surface area contributed by atoms with E-state index in [0.717, 1.165) is 22.2 Å². The average molecular weight is 282 g/mol. The van der Waals surface area contributed by atoms with Crippen LogP contribution in [0.1, 0.15) is 5.69 Å². The first-order valence-corrected chi connectivity index (χ1v) is 6.28. The Balaban J connectivity index is 2.15. The van der Waals surface area contributed by atoms with Gasteiger partial charge >= 0.3 is 0 Å². The van der Waals surface area contributed by atoms with Crippen molar-refractivity contribution in [1.29, 1.82) is 0 Å². The monoisotopic (exact) mass is 282 g/mol. The number of aromatic nitrogens is 4. The summed E-state index contributed by atoms with van der Waals surface area (Å²) in [4.78, 5) is 16.7. The summed E-state index contributed by atoms with van der Waals surface area (Å²) >= 11 is 0. The number of nitrogens with zero attached hydrogens (tertiary/aromatic N) is 4. The fraction of sp³-hybridized carbons (Fsp3) is 0.143. The molecule has 0 saturated carbocycles. The second-order valence-electron chi connectivity index (χ2n) is 4.58. The summed E-state index contributed by atoms with van der Waals surface area (Å²) in [6.07, 6.45) is 3.39. The second kappa shape index (κ2) is 4.86. The highest BCUT2D eigenvalue weighted by Crippen LogP contribution is 2.27. The lowest BCUT2D eigenvalue weighted by Crippen LogP contribution is -1.99. The lowest BCUT2D eigenvalue weighted by atomic mass is 10.1. The van der Waals surface area contributed by atoms with Crippen LogP contribution in [-0.2, 0) is 0 Å². The Morgan fingerprint density at radius 1 is 1.00 bits per heavy atom. The Morgan fingerprint density at radius 2 is 1.71 bits per heavy atom. The number of nitrogens with two attached hydrogens (primary N) is 2. The van der Waals surface area contributed by atoms with Gasteiger partial charge in [0, 0.05) is 28.9 Å². The highest BCUT2D eigenvalue weighted by atomic mass is 16.5. The molecule has 0 unspecified atom stereocenters. The number of ether oxygens (including phenoxy) is 1. The van der Waals surface area contributed by atoms with Gasteiger partial charge in [-0.05, 0) is 19.1 Å². The molecule has 7 heteroatoms. The molecular weight excluding hydrogens is 268 g/mol. The Labute approximate surface area is 121 Å². The number of methoxy groups -OCH3 is 1. The summed E-state index contributed by atoms with van der Waals surface area (Å²) in [5, 5.41) is 0.844. The van der Waals surface area contributed by atoms with Crippen LogP contribution in [-0.4, -0.2) is 27.0 Å². The van der Waals surface area contributed by atoms with E-state index in [9.17, 15) is 0 Å². The van der Waals surface area contributed by atoms with E-state index in [0.29, 0.717) is 17.2 Å². The van der Waals surface area contributed by atoms with Gasteiger partial charge in [-0.3, -0.25) is 0 Å². The van der Waals surface area contributed by atoms with Crippen molar-refractivity contribution < 1.29 is 4.74 Å². The van der Waals surface area contributed by atoms with Gasteiger partial charge in [-0.25, -0.2) is 15.0 Å². The second-order valence-corrected chi connectivity index (χ2v) is 4.58. The van der Waals surface area contributed by atoms with Gasteiger partial charge in [0.2, 0.25) is 11.8 Å². The zero-order chi connectivity index (χ0) is 15.0. The van der Waals surface area contributed by atoms with Gasteiger partial charge in [-0.15, -0.1) is 0 Å². The summed E-state index contributed by atoms with van der Waals surface area (Å²) in [6.45, 7) is 1.87. The minimum Gasteiger partial charge on any atom is -0.480 e.